The third-order valence-corrected chi connectivity index (χ3v) is 11.3. The van der Waals surface area contributed by atoms with Crippen LogP contribution in [0, 0.1) is 5.92 Å². The van der Waals surface area contributed by atoms with E-state index in [1.54, 1.807) is 24.3 Å². The van der Waals surface area contributed by atoms with Crippen LogP contribution in [0.4, 0.5) is 30.7 Å². The van der Waals surface area contributed by atoms with Gasteiger partial charge < -0.3 is 0 Å². The van der Waals surface area contributed by atoms with Gasteiger partial charge in [0.2, 0.25) is 0 Å². The predicted molar refractivity (Wildman–Crippen MR) is 122 cm³/mol. The first-order chi connectivity index (χ1) is 16.9. The molecule has 0 spiro atoms. The van der Waals surface area contributed by atoms with Crippen molar-refractivity contribution in [2.45, 2.75) is 67.3 Å². The Morgan fingerprint density at radius 1 is 0.917 bits per heavy atom. The SMILES string of the molecule is OC(C[As](Cc1cccc(OC(F)(F)C(F)F)c1)c1cccc(OCC2CCCCC2)c1)C(F)(F)F. The number of aliphatic hydroxyl groups excluding tert-OH is 1. The summed E-state index contributed by atoms with van der Waals surface area (Å²) in [6.45, 7) is 0.513. The van der Waals surface area contributed by atoms with Crippen LogP contribution in [0.1, 0.15) is 37.7 Å². The number of benzene rings is 2. The van der Waals surface area contributed by atoms with E-state index < -0.39 is 50.4 Å². The molecule has 2 aromatic rings. The van der Waals surface area contributed by atoms with Crippen molar-refractivity contribution in [3.8, 4) is 11.5 Å². The molecule has 36 heavy (non-hydrogen) atoms. The van der Waals surface area contributed by atoms with Crippen LogP contribution in [0.2, 0.25) is 5.21 Å². The topological polar surface area (TPSA) is 38.7 Å². The van der Waals surface area contributed by atoms with E-state index in [-0.39, 0.29) is 5.21 Å². The summed E-state index contributed by atoms with van der Waals surface area (Å²) < 4.78 is 102. The zero-order chi connectivity index (χ0) is 26.3. The first kappa shape index (κ1) is 28.6. The standard InChI is InChI=1S/C25H28AsF7O3/c27-23(28)25(32,33)36-21-11-4-8-18(12-21)14-26(15-22(34)24(29,30)31)19-9-5-10-20(13-19)35-16-17-6-2-1-3-7-17/h4-5,8-13,17,22-23,34H,1-3,6-7,14-16H2. The Bertz CT molecular complexity index is 965. The summed E-state index contributed by atoms with van der Waals surface area (Å²) >= 11 is -2.68. The molecule has 1 fully saturated rings. The van der Waals surface area contributed by atoms with Gasteiger partial charge in [0.1, 0.15) is 0 Å². The molecule has 2 aromatic carbocycles. The second kappa shape index (κ2) is 12.5. The molecule has 0 aliphatic heterocycles. The van der Waals surface area contributed by atoms with E-state index in [9.17, 15) is 35.8 Å². The van der Waals surface area contributed by atoms with E-state index >= 15 is 0 Å². The molecule has 0 bridgehead atoms. The molecule has 0 aromatic heterocycles. The molecule has 0 saturated heterocycles. The van der Waals surface area contributed by atoms with Crippen LogP contribution >= 0.6 is 0 Å². The predicted octanol–water partition coefficient (Wildman–Crippen LogP) is 6.29. The van der Waals surface area contributed by atoms with Crippen LogP contribution in [0.3, 0.4) is 0 Å². The Morgan fingerprint density at radius 2 is 1.58 bits per heavy atom. The van der Waals surface area contributed by atoms with Gasteiger partial charge in [0.05, 0.1) is 0 Å². The first-order valence-electron chi connectivity index (χ1n) is 11.6. The van der Waals surface area contributed by atoms with Gasteiger partial charge in [-0.2, -0.15) is 0 Å². The molecule has 1 N–H and O–H groups in total. The summed E-state index contributed by atoms with van der Waals surface area (Å²) in [5.74, 6) is 0.428. The molecule has 0 radical (unpaired) electrons. The number of aliphatic hydroxyl groups is 1. The molecule has 11 heteroatoms. The maximum absolute atomic E-state index is 13.3. The van der Waals surface area contributed by atoms with Crippen LogP contribution in [0.15, 0.2) is 48.5 Å². The van der Waals surface area contributed by atoms with Gasteiger partial charge in [0, 0.05) is 0 Å². The van der Waals surface area contributed by atoms with Gasteiger partial charge in [-0.05, 0) is 0 Å². The molecule has 3 rings (SSSR count). The molecule has 2 atom stereocenters. The van der Waals surface area contributed by atoms with E-state index in [0.29, 0.717) is 28.2 Å². The van der Waals surface area contributed by atoms with E-state index in [1.807, 2.05) is 0 Å². The molecule has 200 valence electrons. The van der Waals surface area contributed by atoms with Crippen molar-refractivity contribution in [1.82, 2.24) is 0 Å². The van der Waals surface area contributed by atoms with Crippen molar-refractivity contribution >= 4 is 19.0 Å². The summed E-state index contributed by atoms with van der Waals surface area (Å²) in [5, 5.41) is 9.30. The molecule has 3 nitrogen and oxygen atoms in total. The molecule has 0 amide bonds. The molecular weight excluding hydrogens is 556 g/mol. The number of hydrogen-bond donors (Lipinski definition) is 1. The Kier molecular flexibility index (Phi) is 9.98. The number of ether oxygens (including phenoxy) is 2. The van der Waals surface area contributed by atoms with Crippen molar-refractivity contribution in [3.63, 3.8) is 0 Å². The van der Waals surface area contributed by atoms with Gasteiger partial charge in [0.15, 0.2) is 0 Å². The zero-order valence-electron chi connectivity index (χ0n) is 19.4. The maximum atomic E-state index is 13.3. The summed E-state index contributed by atoms with van der Waals surface area (Å²) in [6, 6.07) is 11.7. The number of alkyl halides is 7. The van der Waals surface area contributed by atoms with Gasteiger partial charge in [-0.1, -0.05) is 0 Å². The van der Waals surface area contributed by atoms with Crippen molar-refractivity contribution in [3.05, 3.63) is 54.1 Å². The first-order valence-corrected chi connectivity index (χ1v) is 15.2. The van der Waals surface area contributed by atoms with Gasteiger partial charge in [-0.15, -0.1) is 0 Å². The quantitative estimate of drug-likeness (QED) is 0.249. The summed E-state index contributed by atoms with van der Waals surface area (Å²) in [5.41, 5.74) is 0.348. The minimum atomic E-state index is -4.81. The van der Waals surface area contributed by atoms with E-state index in [0.717, 1.165) is 37.8 Å². The van der Waals surface area contributed by atoms with Crippen molar-refractivity contribution in [2.24, 2.45) is 5.92 Å². The van der Waals surface area contributed by atoms with Crippen LogP contribution in [-0.4, -0.2) is 51.2 Å². The fourth-order valence-corrected chi connectivity index (χ4v) is 9.06. The minimum absolute atomic E-state index is 0.0592. The van der Waals surface area contributed by atoms with Gasteiger partial charge in [-0.25, -0.2) is 0 Å². The second-order valence-electron chi connectivity index (χ2n) is 8.86. The van der Waals surface area contributed by atoms with E-state index in [4.69, 9.17) is 4.74 Å². The Balaban J connectivity index is 1.79. The average Bonchev–Trinajstić information content (AvgIpc) is 2.82. The Hall–Kier alpha value is -1.93. The zero-order valence-corrected chi connectivity index (χ0v) is 21.2. The fourth-order valence-electron chi connectivity index (χ4n) is 4.04. The van der Waals surface area contributed by atoms with Crippen molar-refractivity contribution in [2.75, 3.05) is 6.61 Å². The average molecular weight is 584 g/mol. The van der Waals surface area contributed by atoms with E-state index in [1.165, 1.54) is 18.6 Å². The number of hydrogen-bond acceptors (Lipinski definition) is 3. The van der Waals surface area contributed by atoms with Crippen LogP contribution in [0.25, 0.3) is 0 Å². The molecule has 2 unspecified atom stereocenters. The van der Waals surface area contributed by atoms with E-state index in [2.05, 4.69) is 4.74 Å². The number of halogens is 7. The summed E-state index contributed by atoms with van der Waals surface area (Å²) in [4.78, 5) is 0. The normalized spacial score (nSPS) is 17.1. The third kappa shape index (κ3) is 8.58. The van der Waals surface area contributed by atoms with Gasteiger partial charge in [0.25, 0.3) is 0 Å². The monoisotopic (exact) mass is 584 g/mol. The Morgan fingerprint density at radius 3 is 2.25 bits per heavy atom. The fraction of sp³-hybridized carbons (Fsp3) is 0.520. The molecule has 0 heterocycles. The van der Waals surface area contributed by atoms with Crippen molar-refractivity contribution in [1.29, 1.82) is 0 Å². The number of rotatable bonds is 11. The molecule has 1 saturated carbocycles. The molecule has 1 aliphatic rings. The molecule has 1 aliphatic carbocycles. The van der Waals surface area contributed by atoms with Crippen LogP contribution < -0.4 is 13.8 Å². The van der Waals surface area contributed by atoms with Gasteiger partial charge in [-0.3, -0.25) is 0 Å². The summed E-state index contributed by atoms with van der Waals surface area (Å²) in [6.07, 6.45) is -10.5. The van der Waals surface area contributed by atoms with Gasteiger partial charge >= 0.3 is 210 Å². The van der Waals surface area contributed by atoms with Crippen LogP contribution in [-0.2, 0) is 5.21 Å². The Labute approximate surface area is 209 Å². The van der Waals surface area contributed by atoms with Crippen molar-refractivity contribution < 1.29 is 45.3 Å². The van der Waals surface area contributed by atoms with Crippen LogP contribution in [0.5, 0.6) is 11.5 Å². The second-order valence-corrected chi connectivity index (χ2v) is 13.6. The summed E-state index contributed by atoms with van der Waals surface area (Å²) in [7, 11) is 0. The third-order valence-electron chi connectivity index (χ3n) is 5.94. The molecular formula is C25H28AsF7O3.